The molecular formula is C35H40N2P2. The van der Waals surface area contributed by atoms with Crippen LogP contribution in [0.2, 0.25) is 0 Å². The molecule has 4 heteroatoms. The van der Waals surface area contributed by atoms with Crippen LogP contribution in [0, 0.1) is 0 Å². The highest BCUT2D eigenvalue weighted by Gasteiger charge is 2.27. The molecule has 0 saturated heterocycles. The normalized spacial score (nSPS) is 24.3. The number of fused-ring (bicyclic) bond motifs is 3. The maximum Gasteiger partial charge on any atom is 0.0224 e. The summed E-state index contributed by atoms with van der Waals surface area (Å²) in [5.41, 5.74) is 2.97. The van der Waals surface area contributed by atoms with Crippen LogP contribution >= 0.6 is 15.8 Å². The Morgan fingerprint density at radius 2 is 0.872 bits per heavy atom. The third-order valence-corrected chi connectivity index (χ3v) is 13.7. The van der Waals surface area contributed by atoms with Crippen LogP contribution in [0.3, 0.4) is 0 Å². The van der Waals surface area contributed by atoms with E-state index in [4.69, 9.17) is 0 Å². The van der Waals surface area contributed by atoms with Gasteiger partial charge in [0.1, 0.15) is 0 Å². The maximum atomic E-state index is 4.03. The van der Waals surface area contributed by atoms with Gasteiger partial charge in [0, 0.05) is 25.2 Å². The molecule has 6 rings (SSSR count). The molecule has 4 atom stereocenters. The van der Waals surface area contributed by atoms with Crippen LogP contribution in [0.1, 0.15) is 43.2 Å². The van der Waals surface area contributed by atoms with Crippen LogP contribution in [0.25, 0.3) is 0 Å². The minimum absolute atomic E-state index is 0.417. The molecule has 1 saturated carbocycles. The molecule has 1 fully saturated rings. The molecule has 200 valence electrons. The van der Waals surface area contributed by atoms with Gasteiger partial charge in [-0.25, -0.2) is 0 Å². The third kappa shape index (κ3) is 6.53. The van der Waals surface area contributed by atoms with E-state index in [2.05, 4.69) is 120 Å². The summed E-state index contributed by atoms with van der Waals surface area (Å²) in [4.78, 5) is 0. The van der Waals surface area contributed by atoms with Crippen LogP contribution in [0.5, 0.6) is 0 Å². The monoisotopic (exact) mass is 550 g/mol. The molecule has 4 aromatic carbocycles. The lowest BCUT2D eigenvalue weighted by Crippen LogP contribution is -2.49. The molecule has 1 aliphatic heterocycles. The number of benzene rings is 4. The van der Waals surface area contributed by atoms with Gasteiger partial charge < -0.3 is 10.6 Å². The predicted molar refractivity (Wildman–Crippen MR) is 172 cm³/mol. The first-order chi connectivity index (χ1) is 19.4. The Bertz CT molecular complexity index is 1220. The summed E-state index contributed by atoms with van der Waals surface area (Å²) >= 11 is 0. The lowest BCUT2D eigenvalue weighted by molar-refractivity contribution is 0.281. The number of hydrogen-bond acceptors (Lipinski definition) is 2. The molecule has 2 N–H and O–H groups in total. The van der Waals surface area contributed by atoms with Crippen molar-refractivity contribution in [2.24, 2.45) is 0 Å². The van der Waals surface area contributed by atoms with Gasteiger partial charge in [-0.2, -0.15) is 0 Å². The van der Waals surface area contributed by atoms with Gasteiger partial charge in [-0.15, -0.1) is 0 Å². The van der Waals surface area contributed by atoms with Crippen molar-refractivity contribution >= 4 is 37.1 Å². The standard InChI is InChI=1S/C35H40N2P2/c1-3-16-30(17-4-1)38-24-13-25-39(31-18-5-2-6-19-31)35-23-12-8-15-29(35)27-37-33-21-10-9-20-32(33)36-26-28-14-7-11-22-34(28)38/h1-8,11-12,14-19,22-23,32-33,36-37H,9-10,13,20-21,24-27H2/t32-,33-,38-,39+/m0/s1. The fourth-order valence-corrected chi connectivity index (χ4v) is 11.7. The van der Waals surface area contributed by atoms with Crippen LogP contribution in [0.4, 0.5) is 0 Å². The smallest absolute Gasteiger partial charge is 0.0224 e. The first-order valence-corrected chi connectivity index (χ1v) is 17.7. The fraction of sp³-hybridized carbons (Fsp3) is 0.314. The van der Waals surface area contributed by atoms with E-state index in [9.17, 15) is 0 Å². The molecule has 1 aliphatic carbocycles. The van der Waals surface area contributed by atoms with Crippen molar-refractivity contribution in [1.29, 1.82) is 0 Å². The Morgan fingerprint density at radius 1 is 0.462 bits per heavy atom. The highest BCUT2D eigenvalue weighted by Crippen LogP contribution is 2.41. The SMILES string of the molecule is c1ccc([P@@]2CCC[P@@](c3ccccc3)c3ccccc3CN[C@H]3CCCC[C@@H]3NCc3ccccc32)cc1. The van der Waals surface area contributed by atoms with E-state index in [0.29, 0.717) is 12.1 Å². The molecule has 4 aromatic rings. The van der Waals surface area contributed by atoms with Crippen molar-refractivity contribution in [2.75, 3.05) is 12.3 Å². The molecule has 1 heterocycles. The summed E-state index contributed by atoms with van der Waals surface area (Å²) < 4.78 is 0. The molecule has 0 radical (unpaired) electrons. The topological polar surface area (TPSA) is 24.1 Å². The molecular weight excluding hydrogens is 510 g/mol. The zero-order chi connectivity index (χ0) is 26.3. The van der Waals surface area contributed by atoms with Crippen molar-refractivity contribution in [2.45, 2.75) is 57.3 Å². The van der Waals surface area contributed by atoms with Crippen LogP contribution in [-0.2, 0) is 13.1 Å². The van der Waals surface area contributed by atoms with Crippen molar-refractivity contribution in [3.05, 3.63) is 120 Å². The second kappa shape index (κ2) is 13.3. The van der Waals surface area contributed by atoms with Gasteiger partial charge >= 0.3 is 0 Å². The molecule has 2 nitrogen and oxygen atoms in total. The summed E-state index contributed by atoms with van der Waals surface area (Å²) in [6, 6.07) is 42.2. The minimum atomic E-state index is -0.417. The number of rotatable bonds is 2. The quantitative estimate of drug-likeness (QED) is 0.293. The Balaban J connectivity index is 1.40. The predicted octanol–water partition coefficient (Wildman–Crippen LogP) is 6.15. The zero-order valence-electron chi connectivity index (χ0n) is 22.8. The zero-order valence-corrected chi connectivity index (χ0v) is 24.6. The maximum absolute atomic E-state index is 4.03. The van der Waals surface area contributed by atoms with Crippen molar-refractivity contribution in [3.63, 3.8) is 0 Å². The highest BCUT2D eigenvalue weighted by molar-refractivity contribution is 7.74. The number of hydrogen-bond donors (Lipinski definition) is 2. The van der Waals surface area contributed by atoms with Crippen molar-refractivity contribution in [1.82, 2.24) is 10.6 Å². The van der Waals surface area contributed by atoms with Gasteiger partial charge in [0.05, 0.1) is 0 Å². The van der Waals surface area contributed by atoms with Crippen LogP contribution in [-0.4, -0.2) is 24.4 Å². The molecule has 0 unspecified atom stereocenters. The average Bonchev–Trinajstić information content (AvgIpc) is 3.01. The summed E-state index contributed by atoms with van der Waals surface area (Å²) in [6.07, 6.45) is 8.85. The summed E-state index contributed by atoms with van der Waals surface area (Å²) in [5.74, 6) is 0. The first kappa shape index (κ1) is 26.9. The van der Waals surface area contributed by atoms with E-state index in [-0.39, 0.29) is 0 Å². The second-order valence-corrected chi connectivity index (χ2v) is 15.4. The van der Waals surface area contributed by atoms with Gasteiger partial charge in [-0.05, 0) is 79.8 Å². The van der Waals surface area contributed by atoms with E-state index >= 15 is 0 Å². The molecule has 39 heavy (non-hydrogen) atoms. The van der Waals surface area contributed by atoms with E-state index in [1.54, 1.807) is 10.6 Å². The summed E-state index contributed by atoms with van der Waals surface area (Å²) in [6.45, 7) is 1.91. The van der Waals surface area contributed by atoms with E-state index in [1.165, 1.54) is 66.2 Å². The van der Waals surface area contributed by atoms with Crippen molar-refractivity contribution < 1.29 is 0 Å². The van der Waals surface area contributed by atoms with E-state index in [1.807, 2.05) is 0 Å². The van der Waals surface area contributed by atoms with Crippen molar-refractivity contribution in [3.8, 4) is 0 Å². The Hall–Kier alpha value is -2.34. The minimum Gasteiger partial charge on any atom is -0.308 e. The van der Waals surface area contributed by atoms with Gasteiger partial charge in [0.2, 0.25) is 0 Å². The molecule has 0 amide bonds. The first-order valence-electron chi connectivity index (χ1n) is 14.6. The lowest BCUT2D eigenvalue weighted by atomic mass is 9.90. The Labute approximate surface area is 237 Å². The van der Waals surface area contributed by atoms with Gasteiger partial charge in [0.25, 0.3) is 0 Å². The Morgan fingerprint density at radius 3 is 1.33 bits per heavy atom. The van der Waals surface area contributed by atoms with Crippen LogP contribution in [0.15, 0.2) is 109 Å². The van der Waals surface area contributed by atoms with Gasteiger partial charge in [-0.3, -0.25) is 0 Å². The van der Waals surface area contributed by atoms with E-state index < -0.39 is 15.8 Å². The molecule has 0 bridgehead atoms. The molecule has 0 aromatic heterocycles. The third-order valence-electron chi connectivity index (χ3n) is 8.34. The molecule has 2 aliphatic rings. The average molecular weight is 551 g/mol. The van der Waals surface area contributed by atoms with E-state index in [0.717, 1.165) is 13.1 Å². The second-order valence-electron chi connectivity index (χ2n) is 10.8. The van der Waals surface area contributed by atoms with Crippen LogP contribution < -0.4 is 31.9 Å². The lowest BCUT2D eigenvalue weighted by Gasteiger charge is -2.34. The van der Waals surface area contributed by atoms with Gasteiger partial charge in [0.15, 0.2) is 0 Å². The largest absolute Gasteiger partial charge is 0.308 e. The summed E-state index contributed by atoms with van der Waals surface area (Å²) in [5, 5.41) is 14.2. The molecule has 0 spiro atoms. The number of nitrogens with one attached hydrogen (secondary N) is 2. The Kier molecular flexibility index (Phi) is 9.19. The summed E-state index contributed by atoms with van der Waals surface area (Å²) in [7, 11) is -0.835. The highest BCUT2D eigenvalue weighted by atomic mass is 31.1. The van der Waals surface area contributed by atoms with Gasteiger partial charge in [-0.1, -0.05) is 122 Å². The fourth-order valence-electron chi connectivity index (χ4n) is 6.33.